The van der Waals surface area contributed by atoms with Crippen LogP contribution in [0.3, 0.4) is 0 Å². The summed E-state index contributed by atoms with van der Waals surface area (Å²) >= 11 is 0. The minimum Gasteiger partial charge on any atom is -0.207 e. The Morgan fingerprint density at radius 2 is 2.00 bits per heavy atom. The molecule has 1 aromatic rings. The Morgan fingerprint density at radius 3 is 2.47 bits per heavy atom. The van der Waals surface area contributed by atoms with Crippen molar-refractivity contribution in [3.05, 3.63) is 54.6 Å². The second-order valence-corrected chi connectivity index (χ2v) is 6.09. The molecule has 4 heteroatoms. The fourth-order valence-electron chi connectivity index (χ4n) is 1.48. The van der Waals surface area contributed by atoms with Crippen LogP contribution in [0.5, 0.6) is 0 Å². The first-order valence-corrected chi connectivity index (χ1v) is 7.16. The lowest BCUT2D eigenvalue weighted by atomic mass is 10.2. The quantitative estimate of drug-likeness (QED) is 0.590. The van der Waals surface area contributed by atoms with Crippen LogP contribution in [0.4, 0.5) is 0 Å². The van der Waals surface area contributed by atoms with Crippen molar-refractivity contribution in [3.63, 3.8) is 0 Å². The summed E-state index contributed by atoms with van der Waals surface area (Å²) in [4.78, 5) is 0.227. The molecule has 0 bridgehead atoms. The first-order chi connectivity index (χ1) is 8.91. The van der Waals surface area contributed by atoms with Crippen molar-refractivity contribution in [1.29, 1.82) is 0 Å². The van der Waals surface area contributed by atoms with Crippen LogP contribution in [0, 0.1) is 19.3 Å². The predicted octanol–water partition coefficient (Wildman–Crippen LogP) is 2.36. The monoisotopic (exact) mass is 275 g/mol. The number of terminal acetylenes is 1. The molecule has 3 nitrogen and oxygen atoms in total. The maximum atomic E-state index is 12.4. The average molecular weight is 275 g/mol. The molecule has 0 spiro atoms. The first kappa shape index (κ1) is 15.2. The summed E-state index contributed by atoms with van der Waals surface area (Å²) in [6.07, 6.45) is 6.76. The molecule has 0 heterocycles. The maximum absolute atomic E-state index is 12.4. The zero-order valence-electron chi connectivity index (χ0n) is 11.0. The predicted molar refractivity (Wildman–Crippen MR) is 78.1 cm³/mol. The van der Waals surface area contributed by atoms with Crippen LogP contribution in [0.15, 0.2) is 54.0 Å². The number of hydrogen-bond donors (Lipinski definition) is 0. The number of aryl methyl sites for hydroxylation is 1. The molecule has 1 aromatic carbocycles. The smallest absolute Gasteiger partial charge is 0.207 e. The van der Waals surface area contributed by atoms with E-state index in [1.165, 1.54) is 10.4 Å². The minimum atomic E-state index is -3.60. The summed E-state index contributed by atoms with van der Waals surface area (Å²) in [5.74, 6) is 2.36. The van der Waals surface area contributed by atoms with Gasteiger partial charge in [-0.1, -0.05) is 42.9 Å². The van der Waals surface area contributed by atoms with Crippen molar-refractivity contribution in [3.8, 4) is 12.3 Å². The lowest BCUT2D eigenvalue weighted by Gasteiger charge is -2.20. The topological polar surface area (TPSA) is 37.4 Å². The van der Waals surface area contributed by atoms with Gasteiger partial charge in [0.1, 0.15) is 0 Å². The van der Waals surface area contributed by atoms with Crippen LogP contribution in [-0.2, 0) is 10.0 Å². The zero-order valence-corrected chi connectivity index (χ0v) is 11.8. The molecule has 0 aliphatic carbocycles. The minimum absolute atomic E-state index is 0.00305. The van der Waals surface area contributed by atoms with Gasteiger partial charge in [-0.05, 0) is 24.6 Å². The molecule has 0 aromatic heterocycles. The van der Waals surface area contributed by atoms with Gasteiger partial charge in [-0.3, -0.25) is 0 Å². The van der Waals surface area contributed by atoms with Crippen LogP contribution in [0.1, 0.15) is 5.56 Å². The van der Waals surface area contributed by atoms with Gasteiger partial charge < -0.3 is 0 Å². The van der Waals surface area contributed by atoms with E-state index < -0.39 is 10.0 Å². The van der Waals surface area contributed by atoms with Gasteiger partial charge in [0.2, 0.25) is 10.0 Å². The lowest BCUT2D eigenvalue weighted by molar-refractivity contribution is 0.474. The van der Waals surface area contributed by atoms with E-state index in [-0.39, 0.29) is 18.0 Å². The van der Waals surface area contributed by atoms with Crippen molar-refractivity contribution in [2.45, 2.75) is 11.8 Å². The van der Waals surface area contributed by atoms with Gasteiger partial charge in [0, 0.05) is 6.54 Å². The molecule has 0 amide bonds. The molecular weight excluding hydrogens is 258 g/mol. The Hall–Kier alpha value is -1.83. The molecule has 1 rings (SSSR count). The highest BCUT2D eigenvalue weighted by molar-refractivity contribution is 7.89. The molecule has 19 heavy (non-hydrogen) atoms. The van der Waals surface area contributed by atoms with Gasteiger partial charge in [0.05, 0.1) is 11.4 Å². The van der Waals surface area contributed by atoms with E-state index in [0.717, 1.165) is 5.56 Å². The van der Waals surface area contributed by atoms with Gasteiger partial charge >= 0.3 is 0 Å². The standard InChI is InChI=1S/C15H17NO2S/c1-5-11-16(12-13(3)6-2)19(17,18)15-9-7-14(4)8-10-15/h1,6-10H,2-3,11-12H2,4H3. The van der Waals surface area contributed by atoms with Gasteiger partial charge in [0.25, 0.3) is 0 Å². The highest BCUT2D eigenvalue weighted by Crippen LogP contribution is 2.17. The van der Waals surface area contributed by atoms with E-state index in [4.69, 9.17) is 6.42 Å². The summed E-state index contributed by atoms with van der Waals surface area (Å²) in [5, 5.41) is 0. The maximum Gasteiger partial charge on any atom is 0.244 e. The second kappa shape index (κ2) is 6.37. The van der Waals surface area contributed by atoms with Crippen LogP contribution in [0.25, 0.3) is 0 Å². The molecule has 0 N–H and O–H groups in total. The summed E-state index contributed by atoms with van der Waals surface area (Å²) in [6, 6.07) is 6.65. The molecular formula is C15H17NO2S. The SMILES string of the molecule is C#CCN(CC(=C)C=C)S(=O)(=O)c1ccc(C)cc1. The van der Waals surface area contributed by atoms with Gasteiger partial charge in [-0.15, -0.1) is 6.42 Å². The molecule has 0 fully saturated rings. The molecule has 100 valence electrons. The van der Waals surface area contributed by atoms with Crippen molar-refractivity contribution in [2.24, 2.45) is 0 Å². The van der Waals surface area contributed by atoms with Crippen molar-refractivity contribution in [2.75, 3.05) is 13.1 Å². The van der Waals surface area contributed by atoms with Gasteiger partial charge in [0.15, 0.2) is 0 Å². The Morgan fingerprint density at radius 1 is 1.42 bits per heavy atom. The number of benzene rings is 1. The summed E-state index contributed by atoms with van der Waals surface area (Å²) in [5.41, 5.74) is 1.60. The highest BCUT2D eigenvalue weighted by Gasteiger charge is 2.23. The Bertz CT molecular complexity index is 607. The third-order valence-electron chi connectivity index (χ3n) is 2.59. The number of nitrogens with zero attached hydrogens (tertiary/aromatic N) is 1. The van der Waals surface area contributed by atoms with Crippen molar-refractivity contribution < 1.29 is 8.42 Å². The van der Waals surface area contributed by atoms with Crippen LogP contribution >= 0.6 is 0 Å². The molecule has 0 unspecified atom stereocenters. The number of rotatable bonds is 6. The van der Waals surface area contributed by atoms with E-state index in [0.29, 0.717) is 5.57 Å². The van der Waals surface area contributed by atoms with E-state index in [1.807, 2.05) is 6.92 Å². The Labute approximate surface area is 115 Å². The molecule has 0 aliphatic rings. The Balaban J connectivity index is 3.12. The van der Waals surface area contributed by atoms with Crippen LogP contribution < -0.4 is 0 Å². The van der Waals surface area contributed by atoms with E-state index in [1.54, 1.807) is 24.3 Å². The normalized spacial score (nSPS) is 11.0. The van der Waals surface area contributed by atoms with Crippen molar-refractivity contribution in [1.82, 2.24) is 4.31 Å². The second-order valence-electron chi connectivity index (χ2n) is 4.15. The van der Waals surface area contributed by atoms with E-state index in [2.05, 4.69) is 19.1 Å². The summed E-state index contributed by atoms with van der Waals surface area (Å²) in [7, 11) is -3.60. The van der Waals surface area contributed by atoms with Gasteiger partial charge in [-0.25, -0.2) is 8.42 Å². The number of hydrogen-bond acceptors (Lipinski definition) is 2. The summed E-state index contributed by atoms with van der Waals surface area (Å²) in [6.45, 7) is 9.34. The molecule has 0 radical (unpaired) electrons. The van der Waals surface area contributed by atoms with Crippen LogP contribution in [0.2, 0.25) is 0 Å². The largest absolute Gasteiger partial charge is 0.244 e. The first-order valence-electron chi connectivity index (χ1n) is 5.72. The van der Waals surface area contributed by atoms with Gasteiger partial charge in [-0.2, -0.15) is 4.31 Å². The lowest BCUT2D eigenvalue weighted by Crippen LogP contribution is -2.33. The third kappa shape index (κ3) is 3.82. The fourth-order valence-corrected chi connectivity index (χ4v) is 2.84. The summed E-state index contributed by atoms with van der Waals surface area (Å²) < 4.78 is 26.1. The third-order valence-corrected chi connectivity index (χ3v) is 4.40. The van der Waals surface area contributed by atoms with Crippen LogP contribution in [-0.4, -0.2) is 25.8 Å². The molecule has 0 atom stereocenters. The molecule has 0 saturated carbocycles. The zero-order chi connectivity index (χ0) is 14.5. The molecule has 0 saturated heterocycles. The highest BCUT2D eigenvalue weighted by atomic mass is 32.2. The van der Waals surface area contributed by atoms with E-state index >= 15 is 0 Å². The fraction of sp³-hybridized carbons (Fsp3) is 0.200. The molecule has 0 aliphatic heterocycles. The average Bonchev–Trinajstić information content (AvgIpc) is 2.38. The van der Waals surface area contributed by atoms with E-state index in [9.17, 15) is 8.42 Å². The Kier molecular flexibility index (Phi) is 5.11. The number of sulfonamides is 1. The van der Waals surface area contributed by atoms with Crippen molar-refractivity contribution >= 4 is 10.0 Å².